The molecule has 128 valence electrons. The first-order valence-corrected chi connectivity index (χ1v) is 8.20. The second-order valence-corrected chi connectivity index (χ2v) is 6.12. The van der Waals surface area contributed by atoms with Crippen LogP contribution in [0.2, 0.25) is 0 Å². The van der Waals surface area contributed by atoms with Gasteiger partial charge in [0.25, 0.3) is 0 Å². The zero-order valence-electron chi connectivity index (χ0n) is 13.9. The van der Waals surface area contributed by atoms with Crippen LogP contribution in [0.5, 0.6) is 0 Å². The van der Waals surface area contributed by atoms with Crippen molar-refractivity contribution in [2.75, 3.05) is 13.1 Å². The molecule has 1 aliphatic rings. The Morgan fingerprint density at radius 3 is 2.92 bits per heavy atom. The number of carbonyl (C=O) groups is 1. The van der Waals surface area contributed by atoms with E-state index in [2.05, 4.69) is 20.1 Å². The molecule has 1 aliphatic heterocycles. The maximum atomic E-state index is 12.5. The molecule has 0 N–H and O–H groups in total. The number of aryl methyl sites for hydroxylation is 1. The zero-order valence-corrected chi connectivity index (χ0v) is 13.9. The molecule has 3 aromatic rings. The number of pyridine rings is 1. The van der Waals surface area contributed by atoms with E-state index in [0.717, 1.165) is 17.8 Å². The van der Waals surface area contributed by atoms with Gasteiger partial charge in [-0.25, -0.2) is 4.98 Å². The van der Waals surface area contributed by atoms with Gasteiger partial charge in [-0.05, 0) is 25.5 Å². The zero-order chi connectivity index (χ0) is 17.2. The minimum Gasteiger partial charge on any atom is -0.340 e. The first-order valence-electron chi connectivity index (χ1n) is 8.20. The number of imidazole rings is 1. The highest BCUT2D eigenvalue weighted by molar-refractivity contribution is 5.76. The summed E-state index contributed by atoms with van der Waals surface area (Å²) in [5, 5.41) is 4.04. The van der Waals surface area contributed by atoms with Gasteiger partial charge in [-0.15, -0.1) is 0 Å². The third kappa shape index (κ3) is 3.15. The molecule has 8 heteroatoms. The van der Waals surface area contributed by atoms with Crippen molar-refractivity contribution in [1.82, 2.24) is 29.6 Å². The first-order chi connectivity index (χ1) is 12.2. The van der Waals surface area contributed by atoms with Gasteiger partial charge in [-0.2, -0.15) is 4.98 Å². The Morgan fingerprint density at radius 1 is 1.32 bits per heavy atom. The normalized spacial score (nSPS) is 17.2. The van der Waals surface area contributed by atoms with Crippen LogP contribution in [0.3, 0.4) is 0 Å². The number of carbonyl (C=O) groups excluding carboxylic acids is 1. The summed E-state index contributed by atoms with van der Waals surface area (Å²) in [6.07, 6.45) is 7.74. The molecule has 8 nitrogen and oxygen atoms in total. The molecule has 1 fully saturated rings. The van der Waals surface area contributed by atoms with Gasteiger partial charge in [0.05, 0.1) is 5.92 Å². The van der Waals surface area contributed by atoms with Crippen LogP contribution in [0.15, 0.2) is 41.4 Å². The summed E-state index contributed by atoms with van der Waals surface area (Å²) in [5.74, 6) is 2.13. The summed E-state index contributed by atoms with van der Waals surface area (Å²) < 4.78 is 7.27. The van der Waals surface area contributed by atoms with E-state index in [1.807, 2.05) is 34.7 Å². The number of hydrogen-bond acceptors (Lipinski definition) is 6. The molecule has 0 aromatic carbocycles. The van der Waals surface area contributed by atoms with Gasteiger partial charge in [-0.1, -0.05) is 5.16 Å². The predicted molar refractivity (Wildman–Crippen MR) is 88.4 cm³/mol. The van der Waals surface area contributed by atoms with Crippen molar-refractivity contribution >= 4 is 5.91 Å². The van der Waals surface area contributed by atoms with Crippen LogP contribution >= 0.6 is 0 Å². The van der Waals surface area contributed by atoms with Crippen LogP contribution in [-0.2, 0) is 11.3 Å². The maximum absolute atomic E-state index is 12.5. The Balaban J connectivity index is 1.42. The number of likely N-dealkylation sites (tertiary alicyclic amines) is 1. The molecule has 3 aromatic heterocycles. The maximum Gasteiger partial charge on any atom is 0.242 e. The van der Waals surface area contributed by atoms with Gasteiger partial charge in [0.15, 0.2) is 0 Å². The molecule has 0 saturated carbocycles. The summed E-state index contributed by atoms with van der Waals surface area (Å²) >= 11 is 0. The number of rotatable bonds is 4. The molecule has 0 aliphatic carbocycles. The van der Waals surface area contributed by atoms with E-state index in [4.69, 9.17) is 4.52 Å². The summed E-state index contributed by atoms with van der Waals surface area (Å²) in [7, 11) is 0. The van der Waals surface area contributed by atoms with Gasteiger partial charge < -0.3 is 14.0 Å². The van der Waals surface area contributed by atoms with E-state index in [1.165, 1.54) is 0 Å². The number of amides is 1. The van der Waals surface area contributed by atoms with E-state index in [0.29, 0.717) is 31.3 Å². The number of nitrogens with zero attached hydrogens (tertiary/aromatic N) is 6. The van der Waals surface area contributed by atoms with Crippen molar-refractivity contribution in [3.8, 4) is 11.4 Å². The van der Waals surface area contributed by atoms with Gasteiger partial charge in [0.2, 0.25) is 17.6 Å². The van der Waals surface area contributed by atoms with Gasteiger partial charge in [-0.3, -0.25) is 9.78 Å². The third-order valence-electron chi connectivity index (χ3n) is 4.50. The van der Waals surface area contributed by atoms with E-state index < -0.39 is 0 Å². The van der Waals surface area contributed by atoms with Crippen molar-refractivity contribution in [2.24, 2.45) is 0 Å². The molecular formula is C17H18N6O2. The molecule has 1 atom stereocenters. The lowest BCUT2D eigenvalue weighted by Gasteiger charge is -2.16. The molecule has 0 radical (unpaired) electrons. The summed E-state index contributed by atoms with van der Waals surface area (Å²) in [5.41, 5.74) is 0.867. The Kier molecular flexibility index (Phi) is 4.01. The monoisotopic (exact) mass is 338 g/mol. The fourth-order valence-electron chi connectivity index (χ4n) is 3.02. The Hall–Kier alpha value is -3.03. The molecule has 25 heavy (non-hydrogen) atoms. The van der Waals surface area contributed by atoms with E-state index in [9.17, 15) is 4.79 Å². The standard InChI is InChI=1S/C17H18N6O2/c1-12-19-7-9-22(12)11-15(24)23-8-4-14(10-23)17-20-16(21-25-17)13-2-5-18-6-3-13/h2-3,5-7,9,14H,4,8,10-11H2,1H3/t14-/m0/s1. The van der Waals surface area contributed by atoms with Crippen molar-refractivity contribution in [3.63, 3.8) is 0 Å². The minimum atomic E-state index is 0.0796. The summed E-state index contributed by atoms with van der Waals surface area (Å²) in [6, 6.07) is 3.68. The highest BCUT2D eigenvalue weighted by Gasteiger charge is 2.31. The van der Waals surface area contributed by atoms with E-state index in [1.54, 1.807) is 18.6 Å². The third-order valence-corrected chi connectivity index (χ3v) is 4.50. The van der Waals surface area contributed by atoms with Gasteiger partial charge in [0, 0.05) is 43.4 Å². The Labute approximate surface area is 144 Å². The molecule has 4 heterocycles. The first kappa shape index (κ1) is 15.5. The van der Waals surface area contributed by atoms with E-state index in [-0.39, 0.29) is 11.8 Å². The SMILES string of the molecule is Cc1nccn1CC(=O)N1CC[C@H](c2nc(-c3ccncc3)no2)C1. The molecular weight excluding hydrogens is 320 g/mol. The van der Waals surface area contributed by atoms with Crippen molar-refractivity contribution in [3.05, 3.63) is 48.6 Å². The van der Waals surface area contributed by atoms with Crippen LogP contribution in [0.25, 0.3) is 11.4 Å². The molecule has 0 unspecified atom stereocenters. The Bertz CT molecular complexity index is 872. The number of hydrogen-bond donors (Lipinski definition) is 0. The van der Waals surface area contributed by atoms with Gasteiger partial charge >= 0.3 is 0 Å². The second kappa shape index (κ2) is 6.46. The smallest absolute Gasteiger partial charge is 0.242 e. The lowest BCUT2D eigenvalue weighted by atomic mass is 10.1. The fraction of sp³-hybridized carbons (Fsp3) is 0.353. The molecule has 4 rings (SSSR count). The lowest BCUT2D eigenvalue weighted by Crippen LogP contribution is -2.31. The van der Waals surface area contributed by atoms with E-state index >= 15 is 0 Å². The summed E-state index contributed by atoms with van der Waals surface area (Å²) in [6.45, 7) is 3.50. The van der Waals surface area contributed by atoms with Crippen LogP contribution in [0.1, 0.15) is 24.1 Å². The largest absolute Gasteiger partial charge is 0.340 e. The lowest BCUT2D eigenvalue weighted by molar-refractivity contribution is -0.130. The predicted octanol–water partition coefficient (Wildman–Crippen LogP) is 1.65. The summed E-state index contributed by atoms with van der Waals surface area (Å²) in [4.78, 5) is 26.9. The van der Waals surface area contributed by atoms with Crippen LogP contribution in [-0.4, -0.2) is 48.6 Å². The fourth-order valence-corrected chi connectivity index (χ4v) is 3.02. The number of aromatic nitrogens is 5. The van der Waals surface area contributed by atoms with Crippen LogP contribution in [0.4, 0.5) is 0 Å². The molecule has 0 spiro atoms. The topological polar surface area (TPSA) is 89.9 Å². The minimum absolute atomic E-state index is 0.0796. The van der Waals surface area contributed by atoms with Crippen LogP contribution < -0.4 is 0 Å². The van der Waals surface area contributed by atoms with Crippen molar-refractivity contribution in [1.29, 1.82) is 0 Å². The Morgan fingerprint density at radius 2 is 2.16 bits per heavy atom. The molecule has 0 bridgehead atoms. The van der Waals surface area contributed by atoms with Gasteiger partial charge in [0.1, 0.15) is 12.4 Å². The van der Waals surface area contributed by atoms with Crippen molar-refractivity contribution in [2.45, 2.75) is 25.8 Å². The average molecular weight is 338 g/mol. The van der Waals surface area contributed by atoms with Crippen molar-refractivity contribution < 1.29 is 9.32 Å². The average Bonchev–Trinajstić information content (AvgIpc) is 3.36. The highest BCUT2D eigenvalue weighted by atomic mass is 16.5. The van der Waals surface area contributed by atoms with Crippen LogP contribution in [0, 0.1) is 6.92 Å². The second-order valence-electron chi connectivity index (χ2n) is 6.12. The quantitative estimate of drug-likeness (QED) is 0.718. The molecule has 1 amide bonds. The molecule has 1 saturated heterocycles. The highest BCUT2D eigenvalue weighted by Crippen LogP contribution is 2.27.